The highest BCUT2D eigenvalue weighted by molar-refractivity contribution is 14.1. The number of halogens is 2. The number of aryl methyl sites for hydroxylation is 1. The van der Waals surface area contributed by atoms with Crippen LogP contribution in [0.3, 0.4) is 0 Å². The van der Waals surface area contributed by atoms with Gasteiger partial charge in [-0.05, 0) is 89.6 Å². The van der Waals surface area contributed by atoms with Gasteiger partial charge in [0.25, 0.3) is 0 Å². The van der Waals surface area contributed by atoms with Crippen molar-refractivity contribution in [2.45, 2.75) is 44.9 Å². The summed E-state index contributed by atoms with van der Waals surface area (Å²) in [6, 6.07) is 15.5. The molecule has 1 saturated heterocycles. The van der Waals surface area contributed by atoms with E-state index >= 15 is 0 Å². The van der Waals surface area contributed by atoms with Gasteiger partial charge in [-0.15, -0.1) is 0 Å². The molecular weight excluding hydrogens is 597 g/mol. The first-order chi connectivity index (χ1) is 15.0. The van der Waals surface area contributed by atoms with Crippen LogP contribution in [0.4, 0.5) is 0 Å². The Bertz CT molecular complexity index is 1170. The minimum Gasteiger partial charge on any atom is -0.207 e. The maximum Gasteiger partial charge on any atom is 0.243 e. The quantitative estimate of drug-likeness (QED) is 0.264. The lowest BCUT2D eigenvalue weighted by atomic mass is 9.68. The third kappa shape index (κ3) is 4.79. The molecule has 0 saturated carbocycles. The summed E-state index contributed by atoms with van der Waals surface area (Å²) in [5.41, 5.74) is 3.36. The van der Waals surface area contributed by atoms with E-state index in [4.69, 9.17) is 0 Å². The van der Waals surface area contributed by atoms with Crippen molar-refractivity contribution in [3.05, 3.63) is 81.9 Å². The smallest absolute Gasteiger partial charge is 0.207 e. The third-order valence-corrected chi connectivity index (χ3v) is 10.2. The normalized spacial score (nSPS) is 25.2. The Labute approximate surface area is 214 Å². The van der Waals surface area contributed by atoms with Crippen LogP contribution < -0.4 is 0 Å². The van der Waals surface area contributed by atoms with Crippen LogP contribution in [0.5, 0.6) is 0 Å². The summed E-state index contributed by atoms with van der Waals surface area (Å²) in [4.78, 5) is 0.376. The molecule has 1 aliphatic carbocycles. The Morgan fingerprint density at radius 2 is 1.62 bits per heavy atom. The van der Waals surface area contributed by atoms with Crippen molar-refractivity contribution in [3.8, 4) is 0 Å². The number of sulfonamides is 1. The van der Waals surface area contributed by atoms with Crippen molar-refractivity contribution in [2.24, 2.45) is 10.8 Å². The Hall–Kier alpha value is -0.960. The molecule has 0 N–H and O–H groups in total. The first-order valence-electron chi connectivity index (χ1n) is 10.9. The fourth-order valence-electron chi connectivity index (χ4n) is 5.06. The Morgan fingerprint density at radius 3 is 2.28 bits per heavy atom. The average Bonchev–Trinajstić information content (AvgIpc) is 3.02. The molecule has 3 nitrogen and oxygen atoms in total. The minimum atomic E-state index is -3.57. The Balaban J connectivity index is 1.83. The van der Waals surface area contributed by atoms with E-state index in [0.717, 1.165) is 34.9 Å². The van der Waals surface area contributed by atoms with Gasteiger partial charge < -0.3 is 0 Å². The summed E-state index contributed by atoms with van der Waals surface area (Å²) < 4.78 is 31.2. The van der Waals surface area contributed by atoms with Crippen molar-refractivity contribution >= 4 is 52.1 Å². The topological polar surface area (TPSA) is 37.4 Å². The first kappa shape index (κ1) is 24.2. The molecule has 2 aromatic carbocycles. The Morgan fingerprint density at radius 1 is 1.00 bits per heavy atom. The van der Waals surface area contributed by atoms with E-state index in [1.54, 1.807) is 16.4 Å². The molecule has 6 heteroatoms. The number of hydrogen-bond donors (Lipinski definition) is 0. The fraction of sp³-hybridized carbons (Fsp3) is 0.385. The predicted molar refractivity (Wildman–Crippen MR) is 144 cm³/mol. The Kier molecular flexibility index (Phi) is 6.80. The molecule has 1 aliphatic heterocycles. The van der Waals surface area contributed by atoms with Gasteiger partial charge in [0.2, 0.25) is 10.0 Å². The van der Waals surface area contributed by atoms with E-state index in [1.165, 1.54) is 9.15 Å². The number of benzene rings is 2. The van der Waals surface area contributed by atoms with Gasteiger partial charge in [0.05, 0.1) is 4.90 Å². The second-order valence-electron chi connectivity index (χ2n) is 9.89. The minimum absolute atomic E-state index is 0.110. The third-order valence-electron chi connectivity index (χ3n) is 6.64. The number of allylic oxidation sites excluding steroid dienone is 2. The van der Waals surface area contributed by atoms with Gasteiger partial charge in [-0.1, -0.05) is 71.8 Å². The zero-order chi connectivity index (χ0) is 23.1. The highest BCUT2D eigenvalue weighted by Crippen LogP contribution is 2.54. The second-order valence-corrected chi connectivity index (χ2v) is 13.8. The van der Waals surface area contributed by atoms with Crippen LogP contribution in [-0.2, 0) is 10.0 Å². The zero-order valence-corrected chi connectivity index (χ0v) is 23.3. The van der Waals surface area contributed by atoms with Gasteiger partial charge in [-0.2, -0.15) is 4.31 Å². The molecule has 0 radical (unpaired) electrons. The van der Waals surface area contributed by atoms with Crippen molar-refractivity contribution in [3.63, 3.8) is 0 Å². The van der Waals surface area contributed by atoms with Crippen LogP contribution in [0.1, 0.15) is 44.2 Å². The molecule has 1 heterocycles. The van der Waals surface area contributed by atoms with Crippen LogP contribution in [0.15, 0.2) is 75.6 Å². The van der Waals surface area contributed by atoms with Gasteiger partial charge in [0.1, 0.15) is 0 Å². The molecule has 1 spiro atoms. The van der Waals surface area contributed by atoms with E-state index in [-0.39, 0.29) is 10.8 Å². The summed E-state index contributed by atoms with van der Waals surface area (Å²) in [6.07, 6.45) is 7.39. The molecule has 170 valence electrons. The largest absolute Gasteiger partial charge is 0.243 e. The maximum atomic E-state index is 13.6. The van der Waals surface area contributed by atoms with Crippen LogP contribution in [0, 0.1) is 17.8 Å². The van der Waals surface area contributed by atoms with Crippen molar-refractivity contribution in [1.29, 1.82) is 0 Å². The standard InChI is InChI=1S/C26H29BrINO2S/c1-19-6-12-22(13-7-19)32(30,31)29-16-23(24(28)20-8-10-21(27)11-9-20)26(18-29)15-5-4-14-25(2,3)17-26/h4-13H,14-18H2,1-3H3/b24-23+. The molecule has 4 rings (SSSR count). The first-order valence-corrected chi connectivity index (χ1v) is 14.2. The van der Waals surface area contributed by atoms with E-state index in [1.807, 2.05) is 31.2 Å². The van der Waals surface area contributed by atoms with Gasteiger partial charge in [0.15, 0.2) is 0 Å². The molecule has 32 heavy (non-hydrogen) atoms. The fourth-order valence-corrected chi connectivity index (χ4v) is 7.92. The summed E-state index contributed by atoms with van der Waals surface area (Å²) >= 11 is 5.96. The molecule has 2 aromatic rings. The zero-order valence-electron chi connectivity index (χ0n) is 18.7. The highest BCUT2D eigenvalue weighted by Gasteiger charge is 2.49. The lowest BCUT2D eigenvalue weighted by Crippen LogP contribution is -2.34. The van der Waals surface area contributed by atoms with Crippen LogP contribution in [-0.4, -0.2) is 25.8 Å². The molecule has 2 aliphatic rings. The van der Waals surface area contributed by atoms with Gasteiger partial charge >= 0.3 is 0 Å². The maximum absolute atomic E-state index is 13.6. The van der Waals surface area contributed by atoms with Crippen molar-refractivity contribution in [2.75, 3.05) is 13.1 Å². The lowest BCUT2D eigenvalue weighted by molar-refractivity contribution is 0.209. The van der Waals surface area contributed by atoms with Gasteiger partial charge in [-0.3, -0.25) is 0 Å². The van der Waals surface area contributed by atoms with E-state index in [2.05, 4.69) is 76.7 Å². The molecule has 0 amide bonds. The van der Waals surface area contributed by atoms with Crippen molar-refractivity contribution < 1.29 is 8.42 Å². The SMILES string of the molecule is Cc1ccc(S(=O)(=O)N2C/C(=C(\I)c3ccc(Br)cc3)C3(CC=CCC(C)(C)C3)C2)cc1. The van der Waals surface area contributed by atoms with E-state index in [0.29, 0.717) is 18.0 Å². The van der Waals surface area contributed by atoms with Crippen LogP contribution in [0.25, 0.3) is 3.58 Å². The monoisotopic (exact) mass is 625 g/mol. The average molecular weight is 626 g/mol. The number of rotatable bonds is 3. The molecule has 1 unspecified atom stereocenters. The van der Waals surface area contributed by atoms with E-state index < -0.39 is 10.0 Å². The highest BCUT2D eigenvalue weighted by atomic mass is 127. The summed E-state index contributed by atoms with van der Waals surface area (Å²) in [7, 11) is -3.57. The molecular formula is C26H29BrINO2S. The number of hydrogen-bond acceptors (Lipinski definition) is 2. The van der Waals surface area contributed by atoms with Crippen molar-refractivity contribution in [1.82, 2.24) is 4.31 Å². The lowest BCUT2D eigenvalue weighted by Gasteiger charge is -2.36. The molecule has 0 aromatic heterocycles. The van der Waals surface area contributed by atoms with E-state index in [9.17, 15) is 8.42 Å². The number of nitrogens with zero attached hydrogens (tertiary/aromatic N) is 1. The van der Waals surface area contributed by atoms with Crippen LogP contribution in [0.2, 0.25) is 0 Å². The summed E-state index contributed by atoms with van der Waals surface area (Å²) in [5, 5.41) is 0. The molecule has 1 atom stereocenters. The summed E-state index contributed by atoms with van der Waals surface area (Å²) in [5.74, 6) is 0. The predicted octanol–water partition coefficient (Wildman–Crippen LogP) is 7.36. The molecule has 0 bridgehead atoms. The van der Waals surface area contributed by atoms with Gasteiger partial charge in [0, 0.05) is 26.6 Å². The second kappa shape index (κ2) is 9.01. The molecule has 1 fully saturated rings. The summed E-state index contributed by atoms with van der Waals surface area (Å²) in [6.45, 7) is 7.53. The van der Waals surface area contributed by atoms with Gasteiger partial charge in [-0.25, -0.2) is 8.42 Å². The van der Waals surface area contributed by atoms with Crippen LogP contribution >= 0.6 is 38.5 Å².